The quantitative estimate of drug-likeness (QED) is 0.682. The Morgan fingerprint density at radius 2 is 1.81 bits per heavy atom. The smallest absolute Gasteiger partial charge is 0.185 e. The zero-order chi connectivity index (χ0) is 18.2. The summed E-state index contributed by atoms with van der Waals surface area (Å²) in [6.45, 7) is 0.832. The van der Waals surface area contributed by atoms with E-state index in [0.717, 1.165) is 30.6 Å². The first-order valence-corrected chi connectivity index (χ1v) is 8.73. The summed E-state index contributed by atoms with van der Waals surface area (Å²) < 4.78 is 15.2. The molecule has 0 bridgehead atoms. The molecule has 4 heteroatoms. The Balaban J connectivity index is 1.77. The number of benzene rings is 2. The molecule has 0 saturated carbocycles. The van der Waals surface area contributed by atoms with E-state index in [1.807, 2.05) is 29.0 Å². The molecule has 26 heavy (non-hydrogen) atoms. The Labute approximate surface area is 153 Å². The fourth-order valence-corrected chi connectivity index (χ4v) is 2.74. The monoisotopic (exact) mass is 348 g/mol. The van der Waals surface area contributed by atoms with Gasteiger partial charge in [-0.3, -0.25) is 0 Å². The summed E-state index contributed by atoms with van der Waals surface area (Å²) in [4.78, 5) is 4.59. The minimum atomic E-state index is -0.265. The minimum absolute atomic E-state index is 0.0343. The van der Waals surface area contributed by atoms with Gasteiger partial charge in [0.2, 0.25) is 0 Å². The van der Waals surface area contributed by atoms with Gasteiger partial charge in [-0.25, -0.2) is 9.37 Å². The van der Waals surface area contributed by atoms with Crippen molar-refractivity contribution in [3.05, 3.63) is 78.0 Å². The first kappa shape index (κ1) is 17.9. The third-order valence-electron chi connectivity index (χ3n) is 4.06. The van der Waals surface area contributed by atoms with Crippen LogP contribution in [-0.2, 0) is 13.0 Å². The van der Waals surface area contributed by atoms with Gasteiger partial charge >= 0.3 is 0 Å². The van der Waals surface area contributed by atoms with E-state index < -0.39 is 0 Å². The molecule has 0 amide bonds. The minimum Gasteiger partial charge on any atom is -0.395 e. The lowest BCUT2D eigenvalue weighted by atomic mass is 10.1. The van der Waals surface area contributed by atoms with Crippen LogP contribution in [0.1, 0.15) is 24.2 Å². The summed E-state index contributed by atoms with van der Waals surface area (Å²) in [6.07, 6.45) is 4.33. The highest BCUT2D eigenvalue weighted by atomic mass is 19.1. The van der Waals surface area contributed by atoms with Crippen molar-refractivity contribution >= 4 is 0 Å². The molecule has 0 unspecified atom stereocenters. The van der Waals surface area contributed by atoms with Gasteiger partial charge in [0.05, 0.1) is 12.3 Å². The van der Waals surface area contributed by atoms with E-state index in [-0.39, 0.29) is 12.4 Å². The number of nitrogens with zero attached hydrogens (tertiary/aromatic N) is 2. The van der Waals surface area contributed by atoms with Crippen LogP contribution in [0.5, 0.6) is 0 Å². The maximum absolute atomic E-state index is 13.1. The van der Waals surface area contributed by atoms with Gasteiger partial charge in [-0.05, 0) is 48.6 Å². The first-order chi connectivity index (χ1) is 12.8. The number of hydrogen-bond acceptors (Lipinski definition) is 2. The van der Waals surface area contributed by atoms with Crippen molar-refractivity contribution in [2.75, 3.05) is 6.61 Å². The third-order valence-corrected chi connectivity index (χ3v) is 4.06. The number of aromatic nitrogens is 2. The molecule has 3 nitrogen and oxygen atoms in total. The van der Waals surface area contributed by atoms with Crippen LogP contribution in [0.25, 0.3) is 11.3 Å². The number of aryl methyl sites for hydroxylation is 2. The molecule has 132 valence electrons. The van der Waals surface area contributed by atoms with E-state index in [2.05, 4.69) is 29.0 Å². The van der Waals surface area contributed by atoms with Crippen LogP contribution >= 0.6 is 0 Å². The number of aliphatic hydroxyl groups is 1. The molecule has 1 aromatic heterocycles. The maximum Gasteiger partial charge on any atom is 0.185 e. The average molecular weight is 348 g/mol. The average Bonchev–Trinajstić information content (AvgIpc) is 3.06. The maximum atomic E-state index is 13.1. The highest BCUT2D eigenvalue weighted by molar-refractivity contribution is 5.59. The van der Waals surface area contributed by atoms with Crippen molar-refractivity contribution in [1.82, 2.24) is 9.55 Å². The molecule has 0 aliphatic rings. The molecule has 0 spiro atoms. The standard InChI is InChI=1S/C22H21FN2O/c23-20-13-11-19(12-14-20)21-17-25(22(24-21)10-4-5-16-26)15-6-9-18-7-2-1-3-8-18/h1-3,7-8,11-14,17,26H,5-6,9,15-16H2. The zero-order valence-corrected chi connectivity index (χ0v) is 14.5. The Morgan fingerprint density at radius 3 is 2.54 bits per heavy atom. The highest BCUT2D eigenvalue weighted by Gasteiger charge is 2.08. The summed E-state index contributed by atoms with van der Waals surface area (Å²) in [5, 5.41) is 8.93. The van der Waals surface area contributed by atoms with Crippen LogP contribution in [0.4, 0.5) is 4.39 Å². The number of aliphatic hydroxyl groups excluding tert-OH is 1. The summed E-state index contributed by atoms with van der Waals surface area (Å²) in [7, 11) is 0. The second-order valence-corrected chi connectivity index (χ2v) is 6.01. The lowest BCUT2D eigenvalue weighted by Crippen LogP contribution is -2.01. The lowest BCUT2D eigenvalue weighted by molar-refractivity contribution is 0.305. The Kier molecular flexibility index (Phi) is 6.19. The zero-order valence-electron chi connectivity index (χ0n) is 14.5. The van der Waals surface area contributed by atoms with Crippen LogP contribution in [-0.4, -0.2) is 21.3 Å². The van der Waals surface area contributed by atoms with Gasteiger partial charge in [0, 0.05) is 24.7 Å². The molecule has 3 aromatic rings. The van der Waals surface area contributed by atoms with E-state index in [4.69, 9.17) is 5.11 Å². The number of imidazole rings is 1. The topological polar surface area (TPSA) is 38.1 Å². The van der Waals surface area contributed by atoms with E-state index >= 15 is 0 Å². The fourth-order valence-electron chi connectivity index (χ4n) is 2.74. The second-order valence-electron chi connectivity index (χ2n) is 6.01. The van der Waals surface area contributed by atoms with Crippen LogP contribution in [0.15, 0.2) is 60.8 Å². The van der Waals surface area contributed by atoms with Crippen LogP contribution in [0.2, 0.25) is 0 Å². The largest absolute Gasteiger partial charge is 0.395 e. The Hall–Kier alpha value is -2.90. The highest BCUT2D eigenvalue weighted by Crippen LogP contribution is 2.19. The van der Waals surface area contributed by atoms with E-state index in [1.54, 1.807) is 12.1 Å². The molecular formula is C22H21FN2O. The molecule has 1 N–H and O–H groups in total. The summed E-state index contributed by atoms with van der Waals surface area (Å²) in [5.41, 5.74) is 2.94. The van der Waals surface area contributed by atoms with Gasteiger partial charge in [0.15, 0.2) is 5.82 Å². The van der Waals surface area contributed by atoms with Gasteiger partial charge < -0.3 is 9.67 Å². The van der Waals surface area contributed by atoms with Gasteiger partial charge in [-0.15, -0.1) is 0 Å². The number of halogens is 1. The molecule has 3 rings (SSSR count). The van der Waals surface area contributed by atoms with Gasteiger partial charge in [-0.2, -0.15) is 0 Å². The molecule has 1 heterocycles. The van der Waals surface area contributed by atoms with Gasteiger partial charge in [-0.1, -0.05) is 36.3 Å². The Bertz CT molecular complexity index is 889. The number of hydrogen-bond donors (Lipinski definition) is 1. The third kappa shape index (κ3) is 4.81. The van der Waals surface area contributed by atoms with E-state index in [0.29, 0.717) is 12.2 Å². The predicted octanol–water partition coefficient (Wildman–Crippen LogP) is 4.06. The van der Waals surface area contributed by atoms with Crippen LogP contribution < -0.4 is 0 Å². The molecule has 0 aliphatic heterocycles. The van der Waals surface area contributed by atoms with Crippen LogP contribution in [0.3, 0.4) is 0 Å². The molecule has 0 radical (unpaired) electrons. The summed E-state index contributed by atoms with van der Waals surface area (Å²) in [6, 6.07) is 16.7. The van der Waals surface area contributed by atoms with Crippen molar-refractivity contribution in [2.45, 2.75) is 25.8 Å². The van der Waals surface area contributed by atoms with Crippen LogP contribution in [0, 0.1) is 17.7 Å². The van der Waals surface area contributed by atoms with Gasteiger partial charge in [0.25, 0.3) is 0 Å². The molecule has 0 aliphatic carbocycles. The number of rotatable bonds is 6. The van der Waals surface area contributed by atoms with E-state index in [9.17, 15) is 4.39 Å². The molecule has 2 aromatic carbocycles. The van der Waals surface area contributed by atoms with E-state index in [1.165, 1.54) is 17.7 Å². The predicted molar refractivity (Wildman–Crippen MR) is 101 cm³/mol. The fraction of sp³-hybridized carbons (Fsp3) is 0.227. The first-order valence-electron chi connectivity index (χ1n) is 8.73. The molecule has 0 fully saturated rings. The van der Waals surface area contributed by atoms with Crippen molar-refractivity contribution in [2.24, 2.45) is 0 Å². The Morgan fingerprint density at radius 1 is 1.04 bits per heavy atom. The molecule has 0 atom stereocenters. The summed E-state index contributed by atoms with van der Waals surface area (Å²) >= 11 is 0. The molecular weight excluding hydrogens is 327 g/mol. The lowest BCUT2D eigenvalue weighted by Gasteiger charge is -2.04. The molecule has 0 saturated heterocycles. The van der Waals surface area contributed by atoms with Gasteiger partial charge in [0.1, 0.15) is 5.82 Å². The summed E-state index contributed by atoms with van der Waals surface area (Å²) in [5.74, 6) is 6.37. The SMILES string of the molecule is OCCC#Cc1nc(-c2ccc(F)cc2)cn1CCCc1ccccc1. The van der Waals surface area contributed by atoms with Crippen molar-refractivity contribution in [3.63, 3.8) is 0 Å². The van der Waals surface area contributed by atoms with Crippen molar-refractivity contribution in [1.29, 1.82) is 0 Å². The normalized spacial score (nSPS) is 10.4. The second kappa shape index (κ2) is 8.98. The van der Waals surface area contributed by atoms with Crippen molar-refractivity contribution < 1.29 is 9.50 Å². The van der Waals surface area contributed by atoms with Crippen molar-refractivity contribution in [3.8, 4) is 23.1 Å².